The third-order valence-corrected chi connectivity index (χ3v) is 5.17. The molecule has 1 fully saturated rings. The number of rotatable bonds is 4. The van der Waals surface area contributed by atoms with Gasteiger partial charge in [-0.1, -0.05) is 13.8 Å². The highest BCUT2D eigenvalue weighted by molar-refractivity contribution is 5.03. The molecular weight excluding hydrogens is 214 g/mol. The van der Waals surface area contributed by atoms with E-state index in [2.05, 4.69) is 13.8 Å². The second-order valence-electron chi connectivity index (χ2n) is 6.67. The van der Waals surface area contributed by atoms with Crippen LogP contribution < -0.4 is 5.73 Å². The summed E-state index contributed by atoms with van der Waals surface area (Å²) >= 11 is 0. The maximum Gasteiger partial charge on any atom is 0.0945 e. The maximum absolute atomic E-state index is 10.8. The Hall–Kier alpha value is -0.120. The molecule has 0 amide bonds. The molecule has 1 aliphatic carbocycles. The van der Waals surface area contributed by atoms with Gasteiger partial charge >= 0.3 is 0 Å². The van der Waals surface area contributed by atoms with Gasteiger partial charge in [0.1, 0.15) is 0 Å². The standard InChI is InChI=1S/C14H29NO2/c1-11(17-5)13(4,16)14(10-15)8-6-12(2,3)7-9-14/h11,16H,6-10,15H2,1-5H3. The lowest BCUT2D eigenvalue weighted by Gasteiger charge is -2.52. The first-order valence-corrected chi connectivity index (χ1v) is 6.66. The van der Waals surface area contributed by atoms with Crippen molar-refractivity contribution < 1.29 is 9.84 Å². The molecule has 0 aromatic heterocycles. The van der Waals surface area contributed by atoms with Crippen LogP contribution in [0.5, 0.6) is 0 Å². The summed E-state index contributed by atoms with van der Waals surface area (Å²) in [4.78, 5) is 0. The summed E-state index contributed by atoms with van der Waals surface area (Å²) in [6, 6.07) is 0. The van der Waals surface area contributed by atoms with Gasteiger partial charge in [-0.2, -0.15) is 0 Å². The quantitative estimate of drug-likeness (QED) is 0.796. The van der Waals surface area contributed by atoms with E-state index in [1.165, 1.54) is 0 Å². The fourth-order valence-electron chi connectivity index (χ4n) is 2.98. The molecule has 0 aliphatic heterocycles. The van der Waals surface area contributed by atoms with Gasteiger partial charge in [0.25, 0.3) is 0 Å². The molecular formula is C14H29NO2. The average Bonchev–Trinajstić information content (AvgIpc) is 2.28. The lowest BCUT2D eigenvalue weighted by Crippen LogP contribution is -2.59. The highest BCUT2D eigenvalue weighted by Crippen LogP contribution is 2.51. The Kier molecular flexibility index (Phi) is 4.28. The molecule has 0 radical (unpaired) electrons. The summed E-state index contributed by atoms with van der Waals surface area (Å²) in [5.74, 6) is 0. The normalized spacial score (nSPS) is 28.4. The largest absolute Gasteiger partial charge is 0.387 e. The molecule has 0 aromatic rings. The molecule has 17 heavy (non-hydrogen) atoms. The Bertz CT molecular complexity index is 251. The number of methoxy groups -OCH3 is 1. The molecule has 1 rings (SSSR count). The predicted octanol–water partition coefficient (Wildman–Crippen LogP) is 2.32. The minimum absolute atomic E-state index is 0.188. The van der Waals surface area contributed by atoms with Crippen molar-refractivity contribution in [2.45, 2.75) is 65.1 Å². The van der Waals surface area contributed by atoms with Gasteiger partial charge in [-0.05, 0) is 44.9 Å². The van der Waals surface area contributed by atoms with Crippen LogP contribution in [0.25, 0.3) is 0 Å². The summed E-state index contributed by atoms with van der Waals surface area (Å²) < 4.78 is 5.34. The molecule has 3 N–H and O–H groups in total. The van der Waals surface area contributed by atoms with Crippen molar-refractivity contribution in [3.8, 4) is 0 Å². The van der Waals surface area contributed by atoms with Gasteiger partial charge in [0.15, 0.2) is 0 Å². The maximum atomic E-state index is 10.8. The van der Waals surface area contributed by atoms with Crippen LogP contribution in [0.15, 0.2) is 0 Å². The minimum atomic E-state index is -0.854. The zero-order valence-corrected chi connectivity index (χ0v) is 12.0. The lowest BCUT2D eigenvalue weighted by molar-refractivity contribution is -0.167. The molecule has 2 atom stereocenters. The molecule has 102 valence electrons. The average molecular weight is 243 g/mol. The summed E-state index contributed by atoms with van der Waals surface area (Å²) in [5, 5.41) is 10.8. The van der Waals surface area contributed by atoms with E-state index in [0.717, 1.165) is 25.7 Å². The Morgan fingerprint density at radius 1 is 1.29 bits per heavy atom. The van der Waals surface area contributed by atoms with Gasteiger partial charge in [0, 0.05) is 19.1 Å². The Morgan fingerprint density at radius 2 is 1.76 bits per heavy atom. The molecule has 0 saturated heterocycles. The van der Waals surface area contributed by atoms with E-state index >= 15 is 0 Å². The highest BCUT2D eigenvalue weighted by Gasteiger charge is 2.52. The molecule has 3 nitrogen and oxygen atoms in total. The minimum Gasteiger partial charge on any atom is -0.387 e. The summed E-state index contributed by atoms with van der Waals surface area (Å²) in [5.41, 5.74) is 5.32. The van der Waals surface area contributed by atoms with Crippen LogP contribution >= 0.6 is 0 Å². The number of hydrogen-bond acceptors (Lipinski definition) is 3. The fourth-order valence-corrected chi connectivity index (χ4v) is 2.98. The van der Waals surface area contributed by atoms with Crippen LogP contribution in [0.3, 0.4) is 0 Å². The van der Waals surface area contributed by atoms with E-state index in [4.69, 9.17) is 10.5 Å². The van der Waals surface area contributed by atoms with E-state index in [1.807, 2.05) is 13.8 Å². The Balaban J connectivity index is 2.91. The van der Waals surface area contributed by atoms with Gasteiger partial charge in [-0.3, -0.25) is 0 Å². The number of hydrogen-bond donors (Lipinski definition) is 2. The topological polar surface area (TPSA) is 55.5 Å². The molecule has 1 aliphatic rings. The Morgan fingerprint density at radius 3 is 2.12 bits per heavy atom. The SMILES string of the molecule is COC(C)C(C)(O)C1(CN)CCC(C)(C)CC1. The predicted molar refractivity (Wildman–Crippen MR) is 70.8 cm³/mol. The zero-order valence-electron chi connectivity index (χ0n) is 12.0. The van der Waals surface area contributed by atoms with Crippen molar-refractivity contribution in [1.82, 2.24) is 0 Å². The smallest absolute Gasteiger partial charge is 0.0945 e. The first-order valence-electron chi connectivity index (χ1n) is 6.66. The molecule has 0 spiro atoms. The highest BCUT2D eigenvalue weighted by atomic mass is 16.5. The van der Waals surface area contributed by atoms with E-state index in [1.54, 1.807) is 7.11 Å². The van der Waals surface area contributed by atoms with E-state index < -0.39 is 5.60 Å². The molecule has 2 unspecified atom stereocenters. The lowest BCUT2D eigenvalue weighted by atomic mass is 9.57. The summed E-state index contributed by atoms with van der Waals surface area (Å²) in [7, 11) is 1.65. The third-order valence-electron chi connectivity index (χ3n) is 5.17. The summed E-state index contributed by atoms with van der Waals surface area (Å²) in [6.07, 6.45) is 4.02. The third kappa shape index (κ3) is 2.67. The molecule has 0 aromatic carbocycles. The van der Waals surface area contributed by atoms with Crippen LogP contribution in [0.2, 0.25) is 0 Å². The monoisotopic (exact) mass is 243 g/mol. The Labute approximate surface area is 106 Å². The van der Waals surface area contributed by atoms with Gasteiger partial charge in [0.2, 0.25) is 0 Å². The van der Waals surface area contributed by atoms with Crippen molar-refractivity contribution in [2.24, 2.45) is 16.6 Å². The second kappa shape index (κ2) is 4.87. The van der Waals surface area contributed by atoms with Crippen molar-refractivity contribution >= 4 is 0 Å². The fraction of sp³-hybridized carbons (Fsp3) is 1.00. The van der Waals surface area contributed by atoms with Crippen LogP contribution in [-0.4, -0.2) is 30.5 Å². The van der Waals surface area contributed by atoms with E-state index in [9.17, 15) is 5.11 Å². The first-order chi connectivity index (χ1) is 7.71. The zero-order chi connectivity index (χ0) is 13.3. The van der Waals surface area contributed by atoms with Gasteiger partial charge in [-0.15, -0.1) is 0 Å². The van der Waals surface area contributed by atoms with Crippen molar-refractivity contribution in [3.63, 3.8) is 0 Å². The van der Waals surface area contributed by atoms with Crippen molar-refractivity contribution in [3.05, 3.63) is 0 Å². The number of nitrogens with two attached hydrogens (primary N) is 1. The summed E-state index contributed by atoms with van der Waals surface area (Å²) in [6.45, 7) is 8.93. The molecule has 3 heteroatoms. The number of aliphatic hydroxyl groups is 1. The van der Waals surface area contributed by atoms with Crippen LogP contribution in [0, 0.1) is 10.8 Å². The van der Waals surface area contributed by atoms with Gasteiger partial charge < -0.3 is 15.6 Å². The molecule has 0 heterocycles. The van der Waals surface area contributed by atoms with Crippen molar-refractivity contribution in [1.29, 1.82) is 0 Å². The van der Waals surface area contributed by atoms with E-state index in [0.29, 0.717) is 12.0 Å². The molecule has 1 saturated carbocycles. The van der Waals surface area contributed by atoms with E-state index in [-0.39, 0.29) is 11.5 Å². The molecule has 0 bridgehead atoms. The number of ether oxygens (including phenoxy) is 1. The van der Waals surface area contributed by atoms with Crippen LogP contribution in [-0.2, 0) is 4.74 Å². The second-order valence-corrected chi connectivity index (χ2v) is 6.67. The van der Waals surface area contributed by atoms with Gasteiger partial charge in [-0.25, -0.2) is 0 Å². The van der Waals surface area contributed by atoms with Crippen LogP contribution in [0.4, 0.5) is 0 Å². The van der Waals surface area contributed by atoms with Crippen molar-refractivity contribution in [2.75, 3.05) is 13.7 Å². The first kappa shape index (κ1) is 14.9. The van der Waals surface area contributed by atoms with Gasteiger partial charge in [0.05, 0.1) is 11.7 Å². The van der Waals surface area contributed by atoms with Crippen LogP contribution in [0.1, 0.15) is 53.4 Å².